The van der Waals surface area contributed by atoms with Gasteiger partial charge in [0.1, 0.15) is 0 Å². The van der Waals surface area contributed by atoms with E-state index in [1.165, 1.54) is 25.7 Å². The fraction of sp³-hybridized carbons (Fsp3) is 0.867. The molecule has 1 aromatic heterocycles. The summed E-state index contributed by atoms with van der Waals surface area (Å²) >= 11 is 0. The maximum absolute atomic E-state index is 10.1. The Kier molecular flexibility index (Phi) is 3.87. The molecule has 0 amide bonds. The van der Waals surface area contributed by atoms with Crippen molar-refractivity contribution in [2.45, 2.75) is 76.2 Å². The molecule has 2 fully saturated rings. The van der Waals surface area contributed by atoms with E-state index >= 15 is 0 Å². The van der Waals surface area contributed by atoms with Crippen molar-refractivity contribution in [2.75, 3.05) is 0 Å². The minimum atomic E-state index is -0.299. The Morgan fingerprint density at radius 3 is 2.74 bits per heavy atom. The molecule has 0 bridgehead atoms. The number of aliphatic hydroxyl groups is 1. The molecule has 0 spiro atoms. The molecule has 1 N–H and O–H groups in total. The summed E-state index contributed by atoms with van der Waals surface area (Å²) in [6.07, 6.45) is 8.74. The summed E-state index contributed by atoms with van der Waals surface area (Å²) in [7, 11) is 0. The highest BCUT2D eigenvalue weighted by atomic mass is 16.5. The SMILES string of the molecule is CC1CCCC(c2noc(C3CCCCC3O)n2)C1. The van der Waals surface area contributed by atoms with Crippen molar-refractivity contribution >= 4 is 0 Å². The lowest BCUT2D eigenvalue weighted by Crippen LogP contribution is -2.22. The van der Waals surface area contributed by atoms with Crippen LogP contribution in [0.15, 0.2) is 4.52 Å². The van der Waals surface area contributed by atoms with Crippen molar-refractivity contribution in [3.8, 4) is 0 Å². The first-order valence-corrected chi connectivity index (χ1v) is 7.75. The number of aliphatic hydroxyl groups excluding tert-OH is 1. The lowest BCUT2D eigenvalue weighted by molar-refractivity contribution is 0.0908. The Bertz CT molecular complexity index is 418. The molecule has 2 aliphatic carbocycles. The van der Waals surface area contributed by atoms with Gasteiger partial charge in [0.05, 0.1) is 12.0 Å². The summed E-state index contributed by atoms with van der Waals surface area (Å²) in [5, 5.41) is 14.2. The van der Waals surface area contributed by atoms with E-state index in [4.69, 9.17) is 4.52 Å². The van der Waals surface area contributed by atoms with Crippen molar-refractivity contribution < 1.29 is 9.63 Å². The van der Waals surface area contributed by atoms with Crippen LogP contribution in [0.4, 0.5) is 0 Å². The largest absolute Gasteiger partial charge is 0.392 e. The molecular weight excluding hydrogens is 240 g/mol. The van der Waals surface area contributed by atoms with E-state index in [1.54, 1.807) is 0 Å². The Morgan fingerprint density at radius 1 is 1.11 bits per heavy atom. The van der Waals surface area contributed by atoms with Crippen molar-refractivity contribution in [3.63, 3.8) is 0 Å². The maximum Gasteiger partial charge on any atom is 0.232 e. The molecule has 0 radical (unpaired) electrons. The normalized spacial score (nSPS) is 36.3. The average molecular weight is 264 g/mol. The van der Waals surface area contributed by atoms with Crippen LogP contribution in [0.2, 0.25) is 0 Å². The summed E-state index contributed by atoms with van der Waals surface area (Å²) in [6, 6.07) is 0. The van der Waals surface area contributed by atoms with E-state index in [0.29, 0.717) is 11.8 Å². The van der Waals surface area contributed by atoms with Crippen LogP contribution in [-0.2, 0) is 0 Å². The molecule has 2 saturated carbocycles. The molecule has 0 saturated heterocycles. The summed E-state index contributed by atoms with van der Waals surface area (Å²) in [6.45, 7) is 2.30. The highest BCUT2D eigenvalue weighted by Gasteiger charge is 2.31. The van der Waals surface area contributed by atoms with Gasteiger partial charge in [-0.1, -0.05) is 37.8 Å². The molecule has 1 heterocycles. The van der Waals surface area contributed by atoms with E-state index < -0.39 is 0 Å². The predicted octanol–water partition coefficient (Wildman–Crippen LogP) is 3.38. The molecule has 2 aliphatic rings. The van der Waals surface area contributed by atoms with E-state index in [1.807, 2.05) is 0 Å². The van der Waals surface area contributed by atoms with Gasteiger partial charge in [-0.15, -0.1) is 0 Å². The van der Waals surface area contributed by atoms with Crippen molar-refractivity contribution in [3.05, 3.63) is 11.7 Å². The number of hydrogen-bond acceptors (Lipinski definition) is 4. The molecule has 0 aliphatic heterocycles. The van der Waals surface area contributed by atoms with Crippen molar-refractivity contribution in [1.29, 1.82) is 0 Å². The third-order valence-electron chi connectivity index (χ3n) is 4.81. The third kappa shape index (κ3) is 2.83. The van der Waals surface area contributed by atoms with E-state index in [9.17, 15) is 5.11 Å². The van der Waals surface area contributed by atoms with Crippen molar-refractivity contribution in [2.24, 2.45) is 5.92 Å². The van der Waals surface area contributed by atoms with Crippen LogP contribution in [-0.4, -0.2) is 21.4 Å². The van der Waals surface area contributed by atoms with Crippen LogP contribution in [0.1, 0.15) is 81.8 Å². The van der Waals surface area contributed by atoms with Crippen LogP contribution < -0.4 is 0 Å². The Labute approximate surface area is 114 Å². The molecule has 4 nitrogen and oxygen atoms in total. The first-order valence-electron chi connectivity index (χ1n) is 7.75. The first kappa shape index (κ1) is 13.1. The molecule has 106 valence electrons. The van der Waals surface area contributed by atoms with Gasteiger partial charge in [0.2, 0.25) is 5.89 Å². The fourth-order valence-corrected chi connectivity index (χ4v) is 3.63. The van der Waals surface area contributed by atoms with Gasteiger partial charge >= 0.3 is 0 Å². The van der Waals surface area contributed by atoms with E-state index in [-0.39, 0.29) is 12.0 Å². The first-order chi connectivity index (χ1) is 9.24. The second-order valence-corrected chi connectivity index (χ2v) is 6.42. The van der Waals surface area contributed by atoms with Gasteiger partial charge in [0.25, 0.3) is 0 Å². The molecular formula is C15H24N2O2. The Hall–Kier alpha value is -0.900. The van der Waals surface area contributed by atoms with Gasteiger partial charge in [0, 0.05) is 5.92 Å². The van der Waals surface area contributed by atoms with Gasteiger partial charge in [-0.05, 0) is 31.6 Å². The van der Waals surface area contributed by atoms with Crippen LogP contribution in [0.3, 0.4) is 0 Å². The maximum atomic E-state index is 10.1. The highest BCUT2D eigenvalue weighted by Crippen LogP contribution is 2.37. The second-order valence-electron chi connectivity index (χ2n) is 6.42. The fourth-order valence-electron chi connectivity index (χ4n) is 3.63. The third-order valence-corrected chi connectivity index (χ3v) is 4.81. The standard InChI is InChI=1S/C15H24N2O2/c1-10-5-4-6-11(9-10)14-16-15(19-17-14)12-7-2-3-8-13(12)18/h10-13,18H,2-9H2,1H3. The minimum Gasteiger partial charge on any atom is -0.392 e. The molecule has 1 aromatic rings. The Morgan fingerprint density at radius 2 is 1.95 bits per heavy atom. The molecule has 0 aromatic carbocycles. The number of aromatic nitrogens is 2. The van der Waals surface area contributed by atoms with Gasteiger partial charge < -0.3 is 9.63 Å². The van der Waals surface area contributed by atoms with Crippen LogP contribution in [0, 0.1) is 5.92 Å². The second kappa shape index (κ2) is 5.61. The molecule has 19 heavy (non-hydrogen) atoms. The average Bonchev–Trinajstić information content (AvgIpc) is 2.89. The summed E-state index contributed by atoms with van der Waals surface area (Å²) in [5.74, 6) is 2.83. The summed E-state index contributed by atoms with van der Waals surface area (Å²) in [5.41, 5.74) is 0. The van der Waals surface area contributed by atoms with Crippen LogP contribution >= 0.6 is 0 Å². The minimum absolute atomic E-state index is 0.0658. The smallest absolute Gasteiger partial charge is 0.232 e. The lowest BCUT2D eigenvalue weighted by Gasteiger charge is -2.25. The molecule has 4 heteroatoms. The topological polar surface area (TPSA) is 59.2 Å². The predicted molar refractivity (Wildman–Crippen MR) is 71.9 cm³/mol. The zero-order valence-electron chi connectivity index (χ0n) is 11.7. The molecule has 4 atom stereocenters. The van der Waals surface area contributed by atoms with Gasteiger partial charge in [-0.25, -0.2) is 0 Å². The number of nitrogens with zero attached hydrogens (tertiary/aromatic N) is 2. The molecule has 3 rings (SSSR count). The van der Waals surface area contributed by atoms with Gasteiger partial charge in [-0.3, -0.25) is 0 Å². The number of rotatable bonds is 2. The zero-order chi connectivity index (χ0) is 13.2. The summed E-state index contributed by atoms with van der Waals surface area (Å²) in [4.78, 5) is 4.60. The quantitative estimate of drug-likeness (QED) is 0.889. The van der Waals surface area contributed by atoms with E-state index in [0.717, 1.165) is 37.4 Å². The van der Waals surface area contributed by atoms with Crippen LogP contribution in [0.25, 0.3) is 0 Å². The zero-order valence-corrected chi connectivity index (χ0v) is 11.7. The van der Waals surface area contributed by atoms with E-state index in [2.05, 4.69) is 17.1 Å². The highest BCUT2D eigenvalue weighted by molar-refractivity contribution is 5.03. The molecule has 4 unspecified atom stereocenters. The summed E-state index contributed by atoms with van der Waals surface area (Å²) < 4.78 is 5.44. The lowest BCUT2D eigenvalue weighted by atomic mass is 9.82. The van der Waals surface area contributed by atoms with Gasteiger partial charge in [0.15, 0.2) is 5.82 Å². The monoisotopic (exact) mass is 264 g/mol. The van der Waals surface area contributed by atoms with Crippen molar-refractivity contribution in [1.82, 2.24) is 10.1 Å². The van der Waals surface area contributed by atoms with Crippen LogP contribution in [0.5, 0.6) is 0 Å². The number of hydrogen-bond donors (Lipinski definition) is 1. The van der Waals surface area contributed by atoms with Gasteiger partial charge in [-0.2, -0.15) is 4.98 Å². The Balaban J connectivity index is 1.71.